The zero-order valence-corrected chi connectivity index (χ0v) is 14.7. The van der Waals surface area contributed by atoms with E-state index in [0.717, 1.165) is 34.9 Å². The predicted molar refractivity (Wildman–Crippen MR) is 99.9 cm³/mol. The molecule has 0 amide bonds. The number of benzene rings is 1. The third kappa shape index (κ3) is 2.67. The average molecular weight is 340 g/mol. The van der Waals surface area contributed by atoms with E-state index in [4.69, 9.17) is 4.74 Å². The van der Waals surface area contributed by atoms with Crippen molar-refractivity contribution in [3.8, 4) is 5.75 Å². The Hall–Kier alpha value is -2.34. The summed E-state index contributed by atoms with van der Waals surface area (Å²) in [5.41, 5.74) is 2.42. The van der Waals surface area contributed by atoms with Gasteiger partial charge in [-0.3, -0.25) is 0 Å². The molecule has 0 unspecified atom stereocenters. The van der Waals surface area contributed by atoms with Gasteiger partial charge in [0, 0.05) is 17.6 Å². The first-order chi connectivity index (χ1) is 11.8. The number of rotatable bonds is 4. The first-order valence-corrected chi connectivity index (χ1v) is 9.01. The van der Waals surface area contributed by atoms with Crippen molar-refractivity contribution in [1.29, 1.82) is 0 Å². The Labute approximate surface area is 145 Å². The van der Waals surface area contributed by atoms with Crippen LogP contribution in [0.15, 0.2) is 24.3 Å². The molecule has 2 aromatic heterocycles. The predicted octanol–water partition coefficient (Wildman–Crippen LogP) is 4.36. The van der Waals surface area contributed by atoms with E-state index in [9.17, 15) is 0 Å². The van der Waals surface area contributed by atoms with E-state index in [1.165, 1.54) is 28.7 Å². The molecule has 24 heavy (non-hydrogen) atoms. The maximum atomic E-state index is 5.23. The van der Waals surface area contributed by atoms with Crippen molar-refractivity contribution in [3.05, 3.63) is 34.7 Å². The molecule has 1 aliphatic rings. The number of aryl methyl sites for hydroxylation is 2. The van der Waals surface area contributed by atoms with Crippen LogP contribution in [0.1, 0.15) is 23.3 Å². The Kier molecular flexibility index (Phi) is 3.98. The Morgan fingerprint density at radius 2 is 1.88 bits per heavy atom. The van der Waals surface area contributed by atoms with E-state index < -0.39 is 0 Å². The Balaban J connectivity index is 1.81. The van der Waals surface area contributed by atoms with E-state index in [1.54, 1.807) is 7.11 Å². The Morgan fingerprint density at radius 3 is 2.62 bits per heavy atom. The summed E-state index contributed by atoms with van der Waals surface area (Å²) in [4.78, 5) is 11.9. The molecule has 0 bridgehead atoms. The fourth-order valence-corrected chi connectivity index (χ4v) is 4.43. The highest BCUT2D eigenvalue weighted by atomic mass is 32.1. The zero-order valence-electron chi connectivity index (χ0n) is 13.8. The van der Waals surface area contributed by atoms with Crippen molar-refractivity contribution in [2.45, 2.75) is 25.7 Å². The smallest absolute Gasteiger partial charge is 0.225 e. The van der Waals surface area contributed by atoms with Crippen LogP contribution >= 0.6 is 11.3 Å². The molecule has 0 atom stereocenters. The number of methoxy groups -OCH3 is 1. The summed E-state index contributed by atoms with van der Waals surface area (Å²) in [6.45, 7) is 0. The summed E-state index contributed by atoms with van der Waals surface area (Å²) in [6.07, 6.45) is 4.80. The van der Waals surface area contributed by atoms with Gasteiger partial charge in [-0.25, -0.2) is 4.98 Å². The third-order valence-electron chi connectivity index (χ3n) is 4.39. The molecule has 1 aromatic carbocycles. The monoisotopic (exact) mass is 340 g/mol. The second-order valence-corrected chi connectivity index (χ2v) is 6.97. The molecule has 2 N–H and O–H groups in total. The molecule has 0 saturated heterocycles. The van der Waals surface area contributed by atoms with Gasteiger partial charge in [0.05, 0.1) is 12.5 Å². The number of nitrogens with one attached hydrogen (secondary N) is 2. The molecule has 2 heterocycles. The first kappa shape index (κ1) is 15.2. The van der Waals surface area contributed by atoms with Crippen molar-refractivity contribution in [2.24, 2.45) is 0 Å². The van der Waals surface area contributed by atoms with Crippen LogP contribution in [0, 0.1) is 0 Å². The van der Waals surface area contributed by atoms with Crippen LogP contribution in [0.4, 0.5) is 17.5 Å². The molecule has 4 rings (SSSR count). The summed E-state index contributed by atoms with van der Waals surface area (Å²) in [5.74, 6) is 2.38. The summed E-state index contributed by atoms with van der Waals surface area (Å²) in [7, 11) is 3.53. The summed E-state index contributed by atoms with van der Waals surface area (Å²) >= 11 is 1.81. The van der Waals surface area contributed by atoms with Crippen molar-refractivity contribution in [3.63, 3.8) is 0 Å². The lowest BCUT2D eigenvalue weighted by Crippen LogP contribution is -2.03. The summed E-state index contributed by atoms with van der Waals surface area (Å²) in [5, 5.41) is 7.72. The highest BCUT2D eigenvalue weighted by Gasteiger charge is 2.21. The minimum atomic E-state index is 0.650. The first-order valence-electron chi connectivity index (χ1n) is 8.19. The minimum absolute atomic E-state index is 0.650. The van der Waals surface area contributed by atoms with Crippen LogP contribution in [-0.2, 0) is 12.8 Å². The number of aromatic nitrogens is 2. The lowest BCUT2D eigenvalue weighted by molar-refractivity contribution is 0.415. The third-order valence-corrected chi connectivity index (χ3v) is 5.58. The van der Waals surface area contributed by atoms with Crippen LogP contribution in [0.3, 0.4) is 0 Å². The van der Waals surface area contributed by atoms with Gasteiger partial charge < -0.3 is 15.4 Å². The zero-order chi connectivity index (χ0) is 16.5. The molecular formula is C18H20N4OS. The van der Waals surface area contributed by atoms with Crippen molar-refractivity contribution in [1.82, 2.24) is 9.97 Å². The van der Waals surface area contributed by atoms with E-state index in [-0.39, 0.29) is 0 Å². The van der Waals surface area contributed by atoms with Gasteiger partial charge in [-0.2, -0.15) is 4.98 Å². The van der Waals surface area contributed by atoms with Crippen molar-refractivity contribution >= 4 is 39.0 Å². The van der Waals surface area contributed by atoms with E-state index >= 15 is 0 Å². The topological polar surface area (TPSA) is 59.1 Å². The summed E-state index contributed by atoms with van der Waals surface area (Å²) < 4.78 is 5.23. The molecule has 0 spiro atoms. The molecule has 1 aliphatic carbocycles. The van der Waals surface area contributed by atoms with Gasteiger partial charge in [0.15, 0.2) is 0 Å². The maximum absolute atomic E-state index is 5.23. The van der Waals surface area contributed by atoms with E-state index in [0.29, 0.717) is 5.95 Å². The Bertz CT molecular complexity index is 873. The van der Waals surface area contributed by atoms with Gasteiger partial charge in [0.25, 0.3) is 0 Å². The summed E-state index contributed by atoms with van der Waals surface area (Å²) in [6, 6.07) is 7.90. The van der Waals surface area contributed by atoms with Crippen LogP contribution in [0.2, 0.25) is 0 Å². The number of nitrogens with zero attached hydrogens (tertiary/aromatic N) is 2. The van der Waals surface area contributed by atoms with Gasteiger partial charge in [-0.1, -0.05) is 0 Å². The number of anilines is 3. The molecule has 3 aromatic rings. The van der Waals surface area contributed by atoms with Gasteiger partial charge in [0.1, 0.15) is 16.4 Å². The fourth-order valence-electron chi connectivity index (χ4n) is 3.17. The largest absolute Gasteiger partial charge is 0.497 e. The molecule has 0 aliphatic heterocycles. The van der Waals surface area contributed by atoms with Crippen molar-refractivity contribution < 1.29 is 4.74 Å². The normalized spacial score (nSPS) is 13.6. The van der Waals surface area contributed by atoms with Crippen LogP contribution < -0.4 is 15.4 Å². The highest BCUT2D eigenvalue weighted by Crippen LogP contribution is 2.39. The number of thiophene rings is 1. The highest BCUT2D eigenvalue weighted by molar-refractivity contribution is 7.19. The Morgan fingerprint density at radius 1 is 1.08 bits per heavy atom. The standard InChI is InChI=1S/C18H20N4OS/c1-19-18-21-16(20-11-7-9-12(23-2)10-8-11)15-13-5-3-4-6-14(13)24-17(15)22-18/h7-10H,3-6H2,1-2H3,(H2,19,20,21,22). The number of fused-ring (bicyclic) bond motifs is 3. The molecular weight excluding hydrogens is 320 g/mol. The second-order valence-electron chi connectivity index (χ2n) is 5.89. The minimum Gasteiger partial charge on any atom is -0.497 e. The number of hydrogen-bond donors (Lipinski definition) is 2. The SMILES string of the molecule is CNc1nc(Nc2ccc(OC)cc2)c2c3c(sc2n1)CCCC3. The number of ether oxygens (including phenoxy) is 1. The van der Waals surface area contributed by atoms with E-state index in [2.05, 4.69) is 20.6 Å². The van der Waals surface area contributed by atoms with Crippen molar-refractivity contribution in [2.75, 3.05) is 24.8 Å². The average Bonchev–Trinajstić information content (AvgIpc) is 3.00. The maximum Gasteiger partial charge on any atom is 0.225 e. The second kappa shape index (κ2) is 6.28. The lowest BCUT2D eigenvalue weighted by Gasteiger charge is -2.13. The van der Waals surface area contributed by atoms with Crippen LogP contribution in [0.5, 0.6) is 5.75 Å². The molecule has 0 fully saturated rings. The molecule has 5 nitrogen and oxygen atoms in total. The molecule has 124 valence electrons. The van der Waals surface area contributed by atoms with E-state index in [1.807, 2.05) is 42.6 Å². The quantitative estimate of drug-likeness (QED) is 0.739. The molecule has 6 heteroatoms. The van der Waals surface area contributed by atoms with Gasteiger partial charge >= 0.3 is 0 Å². The number of hydrogen-bond acceptors (Lipinski definition) is 6. The fraction of sp³-hybridized carbons (Fsp3) is 0.333. The van der Waals surface area contributed by atoms with Crippen LogP contribution in [0.25, 0.3) is 10.2 Å². The van der Waals surface area contributed by atoms with Gasteiger partial charge in [-0.15, -0.1) is 11.3 Å². The van der Waals surface area contributed by atoms with Gasteiger partial charge in [-0.05, 0) is 55.5 Å². The lowest BCUT2D eigenvalue weighted by atomic mass is 9.97. The van der Waals surface area contributed by atoms with Crippen LogP contribution in [-0.4, -0.2) is 24.1 Å². The molecule has 0 saturated carbocycles. The molecule has 0 radical (unpaired) electrons. The van der Waals surface area contributed by atoms with Gasteiger partial charge in [0.2, 0.25) is 5.95 Å².